The van der Waals surface area contributed by atoms with Crippen molar-refractivity contribution >= 4 is 23.2 Å². The number of hydrogen-bond donors (Lipinski definition) is 4. The summed E-state index contributed by atoms with van der Waals surface area (Å²) in [5.74, 6) is 0. The Bertz CT molecular complexity index is 447. The summed E-state index contributed by atoms with van der Waals surface area (Å²) in [6.45, 7) is 2.39. The molecule has 1 aromatic carbocycles. The van der Waals surface area contributed by atoms with Gasteiger partial charge in [-0.25, -0.2) is 4.79 Å². The number of benzene rings is 1. The van der Waals surface area contributed by atoms with E-state index in [0.29, 0.717) is 37.7 Å². The Labute approximate surface area is 110 Å². The van der Waals surface area contributed by atoms with E-state index in [4.69, 9.17) is 20.3 Å². The first-order valence-electron chi connectivity index (χ1n) is 5.98. The highest BCUT2D eigenvalue weighted by atomic mass is 16.6. The fourth-order valence-electron chi connectivity index (χ4n) is 1.80. The molecule has 1 atom stereocenters. The van der Waals surface area contributed by atoms with E-state index in [1.807, 2.05) is 0 Å². The fraction of sp³-hybridized carbons (Fsp3) is 0.417. The van der Waals surface area contributed by atoms with E-state index in [9.17, 15) is 4.79 Å². The van der Waals surface area contributed by atoms with Crippen LogP contribution in [-0.4, -0.2) is 43.7 Å². The zero-order valence-corrected chi connectivity index (χ0v) is 10.4. The maximum absolute atomic E-state index is 10.5. The third-order valence-electron chi connectivity index (χ3n) is 2.71. The van der Waals surface area contributed by atoms with Gasteiger partial charge in [0, 0.05) is 12.2 Å². The van der Waals surface area contributed by atoms with E-state index in [1.54, 1.807) is 18.2 Å². The van der Waals surface area contributed by atoms with Crippen LogP contribution in [0.2, 0.25) is 0 Å². The molecule has 0 aromatic heterocycles. The average molecular weight is 267 g/mol. The monoisotopic (exact) mass is 267 g/mol. The summed E-state index contributed by atoms with van der Waals surface area (Å²) >= 11 is 0. The SMILES string of the molecule is Nc1cc(NC(=O)O)ccc1NCC1COCCO1. The van der Waals surface area contributed by atoms with Gasteiger partial charge in [0.15, 0.2) is 0 Å². The van der Waals surface area contributed by atoms with Gasteiger partial charge in [-0.15, -0.1) is 0 Å². The van der Waals surface area contributed by atoms with Gasteiger partial charge >= 0.3 is 6.09 Å². The van der Waals surface area contributed by atoms with Gasteiger partial charge in [0.25, 0.3) is 0 Å². The third kappa shape index (κ3) is 4.01. The maximum atomic E-state index is 10.5. The molecule has 5 N–H and O–H groups in total. The Morgan fingerprint density at radius 1 is 1.47 bits per heavy atom. The Kier molecular flexibility index (Phi) is 4.43. The smallest absolute Gasteiger partial charge is 0.409 e. The molecule has 0 aliphatic carbocycles. The van der Waals surface area contributed by atoms with Crippen LogP contribution in [0.3, 0.4) is 0 Å². The Balaban J connectivity index is 1.91. The number of nitrogens with one attached hydrogen (secondary N) is 2. The summed E-state index contributed by atoms with van der Waals surface area (Å²) in [4.78, 5) is 10.5. The molecule has 1 fully saturated rings. The van der Waals surface area contributed by atoms with Crippen molar-refractivity contribution in [2.24, 2.45) is 0 Å². The number of carboxylic acid groups (broad SMARTS) is 1. The van der Waals surface area contributed by atoms with Crippen molar-refractivity contribution in [2.45, 2.75) is 6.10 Å². The van der Waals surface area contributed by atoms with Crippen molar-refractivity contribution in [1.29, 1.82) is 0 Å². The van der Waals surface area contributed by atoms with Crippen LogP contribution in [0, 0.1) is 0 Å². The van der Waals surface area contributed by atoms with E-state index in [-0.39, 0.29) is 6.10 Å². The molecule has 1 unspecified atom stereocenters. The molecular formula is C12H17N3O4. The van der Waals surface area contributed by atoms with Crippen LogP contribution < -0.4 is 16.4 Å². The van der Waals surface area contributed by atoms with E-state index >= 15 is 0 Å². The lowest BCUT2D eigenvalue weighted by Crippen LogP contribution is -2.34. The topological polar surface area (TPSA) is 106 Å². The van der Waals surface area contributed by atoms with Gasteiger partial charge in [-0.05, 0) is 18.2 Å². The summed E-state index contributed by atoms with van der Waals surface area (Å²) < 4.78 is 10.8. The van der Waals surface area contributed by atoms with Crippen LogP contribution in [0.15, 0.2) is 18.2 Å². The predicted octanol–water partition coefficient (Wildman–Crippen LogP) is 1.19. The Morgan fingerprint density at radius 3 is 2.95 bits per heavy atom. The van der Waals surface area contributed by atoms with Gasteiger partial charge in [0.2, 0.25) is 0 Å². The van der Waals surface area contributed by atoms with Gasteiger partial charge in [-0.2, -0.15) is 0 Å². The minimum Gasteiger partial charge on any atom is -0.465 e. The van der Waals surface area contributed by atoms with Crippen molar-refractivity contribution in [3.63, 3.8) is 0 Å². The molecule has 1 heterocycles. The van der Waals surface area contributed by atoms with Crippen LogP contribution in [0.25, 0.3) is 0 Å². The molecule has 1 aromatic rings. The molecule has 0 radical (unpaired) electrons. The zero-order chi connectivity index (χ0) is 13.7. The normalized spacial score (nSPS) is 18.8. The molecular weight excluding hydrogens is 250 g/mol. The zero-order valence-electron chi connectivity index (χ0n) is 10.4. The van der Waals surface area contributed by atoms with Gasteiger partial charge in [-0.3, -0.25) is 5.32 Å². The highest BCUT2D eigenvalue weighted by molar-refractivity contribution is 5.85. The first kappa shape index (κ1) is 13.4. The quantitative estimate of drug-likeness (QED) is 0.610. The molecule has 0 saturated carbocycles. The van der Waals surface area contributed by atoms with Gasteiger partial charge in [-0.1, -0.05) is 0 Å². The molecule has 7 heteroatoms. The minimum atomic E-state index is -1.12. The molecule has 1 aliphatic rings. The first-order chi connectivity index (χ1) is 9.15. The number of hydrogen-bond acceptors (Lipinski definition) is 5. The molecule has 7 nitrogen and oxygen atoms in total. The van der Waals surface area contributed by atoms with E-state index in [0.717, 1.165) is 5.69 Å². The van der Waals surface area contributed by atoms with Gasteiger partial charge in [0.1, 0.15) is 0 Å². The molecule has 104 valence electrons. The summed E-state index contributed by atoms with van der Waals surface area (Å²) in [5, 5.41) is 14.0. The highest BCUT2D eigenvalue weighted by Gasteiger charge is 2.14. The fourth-order valence-corrected chi connectivity index (χ4v) is 1.80. The van der Waals surface area contributed by atoms with E-state index < -0.39 is 6.09 Å². The van der Waals surface area contributed by atoms with Crippen LogP contribution >= 0.6 is 0 Å². The number of ether oxygens (including phenoxy) is 2. The lowest BCUT2D eigenvalue weighted by atomic mass is 10.2. The number of nitrogens with two attached hydrogens (primary N) is 1. The molecule has 19 heavy (non-hydrogen) atoms. The van der Waals surface area contributed by atoms with Crippen LogP contribution in [-0.2, 0) is 9.47 Å². The molecule has 2 rings (SSSR count). The number of anilines is 3. The Morgan fingerprint density at radius 2 is 2.32 bits per heavy atom. The lowest BCUT2D eigenvalue weighted by Gasteiger charge is -2.23. The molecule has 0 spiro atoms. The molecule has 1 amide bonds. The summed E-state index contributed by atoms with van der Waals surface area (Å²) in [7, 11) is 0. The van der Waals surface area contributed by atoms with Crippen molar-refractivity contribution in [2.75, 3.05) is 42.7 Å². The van der Waals surface area contributed by atoms with Crippen LogP contribution in [0.4, 0.5) is 21.9 Å². The molecule has 1 aliphatic heterocycles. The van der Waals surface area contributed by atoms with Crippen molar-refractivity contribution in [3.05, 3.63) is 18.2 Å². The number of rotatable bonds is 4. The van der Waals surface area contributed by atoms with E-state index in [2.05, 4.69) is 10.6 Å². The van der Waals surface area contributed by atoms with E-state index in [1.165, 1.54) is 0 Å². The largest absolute Gasteiger partial charge is 0.465 e. The minimum absolute atomic E-state index is 0.00460. The van der Waals surface area contributed by atoms with Crippen LogP contribution in [0.1, 0.15) is 0 Å². The second-order valence-corrected chi connectivity index (χ2v) is 4.18. The number of carbonyl (C=O) groups is 1. The number of amides is 1. The highest BCUT2D eigenvalue weighted by Crippen LogP contribution is 2.23. The molecule has 1 saturated heterocycles. The lowest BCUT2D eigenvalue weighted by molar-refractivity contribution is -0.0818. The second-order valence-electron chi connectivity index (χ2n) is 4.18. The second kappa shape index (κ2) is 6.26. The number of nitrogen functional groups attached to an aromatic ring is 1. The summed E-state index contributed by atoms with van der Waals surface area (Å²) in [5.41, 5.74) is 7.50. The average Bonchev–Trinajstić information content (AvgIpc) is 2.38. The van der Waals surface area contributed by atoms with Crippen molar-refractivity contribution in [1.82, 2.24) is 0 Å². The standard InChI is InChI=1S/C12H17N3O4/c13-10-5-8(15-12(16)17)1-2-11(10)14-6-9-7-18-3-4-19-9/h1-2,5,9,14-15H,3-4,6-7,13H2,(H,16,17). The summed E-state index contributed by atoms with van der Waals surface area (Å²) in [6, 6.07) is 4.93. The van der Waals surface area contributed by atoms with Crippen molar-refractivity contribution < 1.29 is 19.4 Å². The van der Waals surface area contributed by atoms with Gasteiger partial charge in [0.05, 0.1) is 37.3 Å². The summed E-state index contributed by atoms with van der Waals surface area (Å²) in [6.07, 6.45) is -1.11. The maximum Gasteiger partial charge on any atom is 0.409 e. The van der Waals surface area contributed by atoms with Gasteiger partial charge < -0.3 is 25.6 Å². The molecule has 0 bridgehead atoms. The Hall–Kier alpha value is -1.99. The van der Waals surface area contributed by atoms with Crippen LogP contribution in [0.5, 0.6) is 0 Å². The third-order valence-corrected chi connectivity index (χ3v) is 2.71. The predicted molar refractivity (Wildman–Crippen MR) is 71.6 cm³/mol. The first-order valence-corrected chi connectivity index (χ1v) is 5.98. The van der Waals surface area contributed by atoms with Crippen molar-refractivity contribution in [3.8, 4) is 0 Å².